The zero-order valence-electron chi connectivity index (χ0n) is 20.5. The van der Waals surface area contributed by atoms with E-state index in [1.54, 1.807) is 24.3 Å². The van der Waals surface area contributed by atoms with Gasteiger partial charge >= 0.3 is 0 Å². The molecule has 0 spiro atoms. The summed E-state index contributed by atoms with van der Waals surface area (Å²) in [5.74, 6) is -0.305. The van der Waals surface area contributed by atoms with Crippen LogP contribution in [-0.4, -0.2) is 60.8 Å². The SMILES string of the molecule is OC1c2ccccc2CCC1CN1CCN(CCOC(c2ccc(F)cc2)c2ccc(F)cc2)CC1. The lowest BCUT2D eigenvalue weighted by atomic mass is 9.81. The van der Waals surface area contributed by atoms with Gasteiger partial charge in [0.25, 0.3) is 0 Å². The zero-order chi connectivity index (χ0) is 24.9. The van der Waals surface area contributed by atoms with E-state index in [0.717, 1.165) is 68.8 Å². The number of hydrogen-bond acceptors (Lipinski definition) is 4. The van der Waals surface area contributed by atoms with Gasteiger partial charge in [0.05, 0.1) is 12.7 Å². The number of rotatable bonds is 8. The lowest BCUT2D eigenvalue weighted by Crippen LogP contribution is -2.49. The number of piperazine rings is 1. The largest absolute Gasteiger partial charge is 0.388 e. The predicted molar refractivity (Wildman–Crippen MR) is 137 cm³/mol. The van der Waals surface area contributed by atoms with Gasteiger partial charge in [-0.15, -0.1) is 0 Å². The van der Waals surface area contributed by atoms with Crippen molar-refractivity contribution in [2.24, 2.45) is 5.92 Å². The molecule has 190 valence electrons. The Labute approximate surface area is 212 Å². The summed E-state index contributed by atoms with van der Waals surface area (Å²) in [6.45, 7) is 6.12. The Morgan fingerprint density at radius 1 is 0.806 bits per heavy atom. The van der Waals surface area contributed by atoms with Crippen molar-refractivity contribution < 1.29 is 18.6 Å². The highest BCUT2D eigenvalue weighted by molar-refractivity contribution is 5.32. The molecule has 3 aromatic carbocycles. The summed E-state index contributed by atoms with van der Waals surface area (Å²) < 4.78 is 33.2. The Kier molecular flexibility index (Phi) is 8.07. The average Bonchev–Trinajstić information content (AvgIpc) is 2.91. The van der Waals surface area contributed by atoms with Crippen LogP contribution in [0.2, 0.25) is 0 Å². The minimum absolute atomic E-state index is 0.280. The number of ether oxygens (including phenoxy) is 1. The normalized spacial score (nSPS) is 21.0. The molecule has 0 bridgehead atoms. The molecule has 6 heteroatoms. The van der Waals surface area contributed by atoms with E-state index in [0.29, 0.717) is 6.61 Å². The number of benzene rings is 3. The van der Waals surface area contributed by atoms with Crippen molar-refractivity contribution in [1.82, 2.24) is 9.80 Å². The molecule has 36 heavy (non-hydrogen) atoms. The molecule has 0 saturated carbocycles. The summed E-state index contributed by atoms with van der Waals surface area (Å²) in [4.78, 5) is 4.87. The maximum atomic E-state index is 13.5. The summed E-state index contributed by atoms with van der Waals surface area (Å²) in [7, 11) is 0. The predicted octanol–water partition coefficient (Wildman–Crippen LogP) is 4.98. The lowest BCUT2D eigenvalue weighted by molar-refractivity contribution is 0.0285. The van der Waals surface area contributed by atoms with Crippen molar-refractivity contribution in [2.45, 2.75) is 25.0 Å². The molecule has 5 rings (SSSR count). The molecule has 4 nitrogen and oxygen atoms in total. The molecule has 2 unspecified atom stereocenters. The molecule has 2 atom stereocenters. The molecule has 2 aliphatic rings. The zero-order valence-corrected chi connectivity index (χ0v) is 20.5. The monoisotopic (exact) mass is 492 g/mol. The van der Waals surface area contributed by atoms with Gasteiger partial charge in [0.1, 0.15) is 17.7 Å². The van der Waals surface area contributed by atoms with Gasteiger partial charge in [0.15, 0.2) is 0 Å². The van der Waals surface area contributed by atoms with Gasteiger partial charge < -0.3 is 14.7 Å². The third-order valence-electron chi connectivity index (χ3n) is 7.60. The summed E-state index contributed by atoms with van der Waals surface area (Å²) >= 11 is 0. The molecule has 0 amide bonds. The number of aryl methyl sites for hydroxylation is 1. The molecule has 1 N–H and O–H groups in total. The van der Waals surface area contributed by atoms with Crippen molar-refractivity contribution in [3.8, 4) is 0 Å². The molecular weight excluding hydrogens is 458 g/mol. The van der Waals surface area contributed by atoms with Crippen molar-refractivity contribution >= 4 is 0 Å². The van der Waals surface area contributed by atoms with Crippen LogP contribution in [0.3, 0.4) is 0 Å². The number of aliphatic hydroxyl groups excluding tert-OH is 1. The first-order chi connectivity index (χ1) is 17.6. The highest BCUT2D eigenvalue weighted by atomic mass is 19.1. The van der Waals surface area contributed by atoms with E-state index in [1.807, 2.05) is 6.07 Å². The molecule has 3 aromatic rings. The van der Waals surface area contributed by atoms with E-state index in [9.17, 15) is 13.9 Å². The van der Waals surface area contributed by atoms with E-state index >= 15 is 0 Å². The summed E-state index contributed by atoms with van der Waals surface area (Å²) in [5.41, 5.74) is 4.08. The Morgan fingerprint density at radius 3 is 2.03 bits per heavy atom. The summed E-state index contributed by atoms with van der Waals surface area (Å²) in [6.07, 6.45) is 1.32. The lowest BCUT2D eigenvalue weighted by Gasteiger charge is -2.39. The topological polar surface area (TPSA) is 35.9 Å². The highest BCUT2D eigenvalue weighted by Crippen LogP contribution is 2.35. The fraction of sp³-hybridized carbons (Fsp3) is 0.400. The van der Waals surface area contributed by atoms with Crippen molar-refractivity contribution in [1.29, 1.82) is 0 Å². The summed E-state index contributed by atoms with van der Waals surface area (Å²) in [6, 6.07) is 20.9. The van der Waals surface area contributed by atoms with Crippen LogP contribution in [-0.2, 0) is 11.2 Å². The van der Waals surface area contributed by atoms with Crippen LogP contribution >= 0.6 is 0 Å². The van der Waals surface area contributed by atoms with Crippen LogP contribution in [0.25, 0.3) is 0 Å². The van der Waals surface area contributed by atoms with Gasteiger partial charge in [-0.2, -0.15) is 0 Å². The first-order valence-corrected chi connectivity index (χ1v) is 12.9. The smallest absolute Gasteiger partial charge is 0.123 e. The minimum Gasteiger partial charge on any atom is -0.388 e. The third kappa shape index (κ3) is 6.01. The van der Waals surface area contributed by atoms with Crippen LogP contribution in [0.5, 0.6) is 0 Å². The Hall–Kier alpha value is -2.64. The number of fused-ring (bicyclic) bond motifs is 1. The molecule has 1 aliphatic carbocycles. The average molecular weight is 493 g/mol. The summed E-state index contributed by atoms with van der Waals surface area (Å²) in [5, 5.41) is 10.9. The fourth-order valence-corrected chi connectivity index (χ4v) is 5.48. The number of hydrogen-bond donors (Lipinski definition) is 1. The van der Waals surface area contributed by atoms with Gasteiger partial charge in [-0.25, -0.2) is 8.78 Å². The standard InChI is InChI=1S/C30H34F2N2O2/c31-26-11-7-23(8-12-26)30(24-9-13-27(32)14-10-24)36-20-19-33-15-17-34(18-16-33)21-25-6-5-22-3-1-2-4-28(22)29(25)35/h1-4,7-14,25,29-30,35H,5-6,15-21H2. The van der Waals surface area contributed by atoms with Crippen molar-refractivity contribution in [3.05, 3.63) is 107 Å². The van der Waals surface area contributed by atoms with Crippen LogP contribution in [0.1, 0.15) is 40.9 Å². The maximum absolute atomic E-state index is 13.5. The number of aliphatic hydroxyl groups is 1. The van der Waals surface area contributed by atoms with E-state index in [2.05, 4.69) is 28.0 Å². The molecular formula is C30H34F2N2O2. The van der Waals surface area contributed by atoms with E-state index in [4.69, 9.17) is 4.74 Å². The molecule has 1 heterocycles. The Bertz CT molecular complexity index is 1070. The highest BCUT2D eigenvalue weighted by Gasteiger charge is 2.30. The minimum atomic E-state index is -0.378. The Balaban J connectivity index is 1.11. The molecule has 1 aliphatic heterocycles. The van der Waals surface area contributed by atoms with Crippen molar-refractivity contribution in [3.63, 3.8) is 0 Å². The van der Waals surface area contributed by atoms with E-state index in [-0.39, 0.29) is 29.8 Å². The van der Waals surface area contributed by atoms with Crippen LogP contribution in [0.4, 0.5) is 8.78 Å². The number of halogens is 2. The van der Waals surface area contributed by atoms with Crippen LogP contribution < -0.4 is 0 Å². The quantitative estimate of drug-likeness (QED) is 0.481. The van der Waals surface area contributed by atoms with Gasteiger partial charge in [0, 0.05) is 45.2 Å². The van der Waals surface area contributed by atoms with Crippen LogP contribution in [0.15, 0.2) is 72.8 Å². The Morgan fingerprint density at radius 2 is 1.39 bits per heavy atom. The first-order valence-electron chi connectivity index (χ1n) is 12.9. The first kappa shape index (κ1) is 25.0. The second-order valence-electron chi connectivity index (χ2n) is 9.94. The second kappa shape index (κ2) is 11.6. The maximum Gasteiger partial charge on any atom is 0.123 e. The number of nitrogens with zero attached hydrogens (tertiary/aromatic N) is 2. The second-order valence-corrected chi connectivity index (χ2v) is 9.94. The molecule has 1 saturated heterocycles. The fourth-order valence-electron chi connectivity index (χ4n) is 5.48. The van der Waals surface area contributed by atoms with Gasteiger partial charge in [-0.3, -0.25) is 4.90 Å². The molecule has 1 fully saturated rings. The van der Waals surface area contributed by atoms with Gasteiger partial charge in [0.2, 0.25) is 0 Å². The third-order valence-corrected chi connectivity index (χ3v) is 7.60. The molecule has 0 radical (unpaired) electrons. The van der Waals surface area contributed by atoms with Crippen molar-refractivity contribution in [2.75, 3.05) is 45.9 Å². The van der Waals surface area contributed by atoms with E-state index in [1.165, 1.54) is 29.8 Å². The van der Waals surface area contributed by atoms with Gasteiger partial charge in [-0.1, -0.05) is 48.5 Å². The van der Waals surface area contributed by atoms with Crippen LogP contribution in [0, 0.1) is 17.6 Å². The van der Waals surface area contributed by atoms with E-state index < -0.39 is 0 Å². The molecule has 0 aromatic heterocycles. The van der Waals surface area contributed by atoms with Gasteiger partial charge in [-0.05, 0) is 59.4 Å².